The highest BCUT2D eigenvalue weighted by Crippen LogP contribution is 2.23. The van der Waals surface area contributed by atoms with Crippen LogP contribution >= 0.6 is 11.3 Å². The zero-order chi connectivity index (χ0) is 13.2. The fourth-order valence-electron chi connectivity index (χ4n) is 2.92. The van der Waals surface area contributed by atoms with Crippen LogP contribution < -0.4 is 0 Å². The number of carbonyl (C=O) groups excluding carboxylic acids is 1. The number of thiophene rings is 1. The van der Waals surface area contributed by atoms with E-state index >= 15 is 0 Å². The summed E-state index contributed by atoms with van der Waals surface area (Å²) in [5, 5.41) is 0. The highest BCUT2D eigenvalue weighted by atomic mass is 32.1. The lowest BCUT2D eigenvalue weighted by Crippen LogP contribution is -2.44. The molecule has 19 heavy (non-hydrogen) atoms. The van der Waals surface area contributed by atoms with Gasteiger partial charge in [0.15, 0.2) is 0 Å². The SMILES string of the molecule is Cc1ccc(CN2CCC(N3CCOC3=O)CC2)s1. The maximum atomic E-state index is 11.5. The summed E-state index contributed by atoms with van der Waals surface area (Å²) >= 11 is 1.88. The van der Waals surface area contributed by atoms with Gasteiger partial charge in [-0.15, -0.1) is 11.3 Å². The molecule has 3 heterocycles. The molecule has 2 saturated heterocycles. The Balaban J connectivity index is 1.50. The first-order valence-electron chi connectivity index (χ1n) is 6.93. The van der Waals surface area contributed by atoms with Crippen molar-refractivity contribution in [1.82, 2.24) is 9.80 Å². The summed E-state index contributed by atoms with van der Waals surface area (Å²) in [5.41, 5.74) is 0. The van der Waals surface area contributed by atoms with Crippen LogP contribution in [0.3, 0.4) is 0 Å². The smallest absolute Gasteiger partial charge is 0.410 e. The molecule has 2 aliphatic rings. The molecule has 1 aromatic rings. The summed E-state index contributed by atoms with van der Waals surface area (Å²) in [6, 6.07) is 4.80. The molecule has 5 heteroatoms. The minimum atomic E-state index is -0.118. The van der Waals surface area contributed by atoms with Crippen LogP contribution in [-0.4, -0.2) is 48.2 Å². The van der Waals surface area contributed by atoms with E-state index in [9.17, 15) is 4.79 Å². The Hall–Kier alpha value is -1.07. The highest BCUT2D eigenvalue weighted by Gasteiger charge is 2.32. The van der Waals surface area contributed by atoms with E-state index < -0.39 is 0 Å². The summed E-state index contributed by atoms with van der Waals surface area (Å²) < 4.78 is 5.02. The molecule has 1 aromatic heterocycles. The zero-order valence-corrected chi connectivity index (χ0v) is 12.1. The third kappa shape index (κ3) is 2.92. The summed E-state index contributed by atoms with van der Waals surface area (Å²) in [6.07, 6.45) is 2.02. The van der Waals surface area contributed by atoms with Crippen molar-refractivity contribution in [2.45, 2.75) is 32.4 Å². The van der Waals surface area contributed by atoms with Crippen LogP contribution in [0.2, 0.25) is 0 Å². The van der Waals surface area contributed by atoms with Gasteiger partial charge >= 0.3 is 6.09 Å². The van der Waals surface area contributed by atoms with Crippen molar-refractivity contribution in [1.29, 1.82) is 0 Å². The second-order valence-corrected chi connectivity index (χ2v) is 6.70. The Kier molecular flexibility index (Phi) is 3.75. The first-order chi connectivity index (χ1) is 9.22. The minimum Gasteiger partial charge on any atom is -0.448 e. The number of likely N-dealkylation sites (tertiary alicyclic amines) is 1. The van der Waals surface area contributed by atoms with Crippen LogP contribution in [0, 0.1) is 6.92 Å². The number of hydrogen-bond donors (Lipinski definition) is 0. The number of rotatable bonds is 3. The Morgan fingerprint density at radius 1 is 1.32 bits per heavy atom. The standard InChI is InChI=1S/C14H20N2O2S/c1-11-2-3-13(19-11)10-15-6-4-12(5-7-15)16-8-9-18-14(16)17/h2-3,12H,4-10H2,1H3. The van der Waals surface area contributed by atoms with Crippen molar-refractivity contribution in [2.24, 2.45) is 0 Å². The van der Waals surface area contributed by atoms with Crippen LogP contribution in [0.15, 0.2) is 12.1 Å². The number of amides is 1. The molecule has 4 nitrogen and oxygen atoms in total. The van der Waals surface area contributed by atoms with Crippen LogP contribution in [0.4, 0.5) is 4.79 Å². The van der Waals surface area contributed by atoms with Crippen LogP contribution in [0.5, 0.6) is 0 Å². The first kappa shape index (κ1) is 12.9. The maximum absolute atomic E-state index is 11.5. The minimum absolute atomic E-state index is 0.118. The van der Waals surface area contributed by atoms with E-state index in [2.05, 4.69) is 24.0 Å². The molecule has 0 atom stereocenters. The molecule has 0 unspecified atom stereocenters. The van der Waals surface area contributed by atoms with E-state index in [0.717, 1.165) is 39.0 Å². The molecular formula is C14H20N2O2S. The van der Waals surface area contributed by atoms with Gasteiger partial charge in [-0.25, -0.2) is 4.79 Å². The van der Waals surface area contributed by atoms with Crippen molar-refractivity contribution in [3.05, 3.63) is 21.9 Å². The topological polar surface area (TPSA) is 32.8 Å². The van der Waals surface area contributed by atoms with Crippen molar-refractivity contribution in [2.75, 3.05) is 26.2 Å². The molecule has 2 fully saturated rings. The van der Waals surface area contributed by atoms with Gasteiger partial charge in [0, 0.05) is 35.4 Å². The molecule has 0 saturated carbocycles. The average molecular weight is 280 g/mol. The molecule has 2 aliphatic heterocycles. The van der Waals surface area contributed by atoms with E-state index in [1.54, 1.807) is 0 Å². The summed E-state index contributed by atoms with van der Waals surface area (Å²) in [5.74, 6) is 0. The third-order valence-electron chi connectivity index (χ3n) is 3.97. The maximum Gasteiger partial charge on any atom is 0.410 e. The lowest BCUT2D eigenvalue weighted by molar-refractivity contribution is 0.115. The summed E-state index contributed by atoms with van der Waals surface area (Å²) in [4.78, 5) is 18.8. The fraction of sp³-hybridized carbons (Fsp3) is 0.643. The summed E-state index contributed by atoms with van der Waals surface area (Å²) in [7, 11) is 0. The molecule has 0 aromatic carbocycles. The Bertz CT molecular complexity index is 452. The van der Waals surface area contributed by atoms with E-state index in [0.29, 0.717) is 12.6 Å². The van der Waals surface area contributed by atoms with Gasteiger partial charge in [0.25, 0.3) is 0 Å². The third-order valence-corrected chi connectivity index (χ3v) is 4.95. The molecule has 104 valence electrons. The monoisotopic (exact) mass is 280 g/mol. The molecule has 0 bridgehead atoms. The highest BCUT2D eigenvalue weighted by molar-refractivity contribution is 7.11. The van der Waals surface area contributed by atoms with Crippen LogP contribution in [0.25, 0.3) is 0 Å². The number of hydrogen-bond acceptors (Lipinski definition) is 4. The van der Waals surface area contributed by atoms with Crippen molar-refractivity contribution >= 4 is 17.4 Å². The largest absolute Gasteiger partial charge is 0.448 e. The number of ether oxygens (including phenoxy) is 1. The van der Waals surface area contributed by atoms with Crippen molar-refractivity contribution in [3.63, 3.8) is 0 Å². The Morgan fingerprint density at radius 3 is 2.68 bits per heavy atom. The molecule has 0 spiro atoms. The fourth-order valence-corrected chi connectivity index (χ4v) is 3.85. The van der Waals surface area contributed by atoms with E-state index in [-0.39, 0.29) is 6.09 Å². The van der Waals surface area contributed by atoms with Crippen LogP contribution in [0.1, 0.15) is 22.6 Å². The Labute approximate surface area is 118 Å². The lowest BCUT2D eigenvalue weighted by atomic mass is 10.0. The van der Waals surface area contributed by atoms with Crippen molar-refractivity contribution < 1.29 is 9.53 Å². The number of piperidine rings is 1. The predicted molar refractivity (Wildman–Crippen MR) is 75.4 cm³/mol. The molecule has 1 amide bonds. The molecular weight excluding hydrogens is 260 g/mol. The van der Waals surface area contributed by atoms with E-state index in [1.807, 2.05) is 16.2 Å². The second kappa shape index (κ2) is 5.51. The van der Waals surface area contributed by atoms with Gasteiger partial charge in [-0.1, -0.05) is 0 Å². The van der Waals surface area contributed by atoms with Gasteiger partial charge < -0.3 is 9.64 Å². The zero-order valence-electron chi connectivity index (χ0n) is 11.3. The number of nitrogens with zero attached hydrogens (tertiary/aromatic N) is 2. The molecule has 0 aliphatic carbocycles. The molecule has 0 N–H and O–H groups in total. The van der Waals surface area contributed by atoms with Gasteiger partial charge in [-0.2, -0.15) is 0 Å². The number of carbonyl (C=O) groups is 1. The normalized spacial score (nSPS) is 21.9. The lowest BCUT2D eigenvalue weighted by Gasteiger charge is -2.35. The van der Waals surface area contributed by atoms with Crippen molar-refractivity contribution in [3.8, 4) is 0 Å². The van der Waals surface area contributed by atoms with Gasteiger partial charge in [-0.05, 0) is 31.9 Å². The number of cyclic esters (lactones) is 1. The van der Waals surface area contributed by atoms with Gasteiger partial charge in [0.1, 0.15) is 6.61 Å². The quantitative estimate of drug-likeness (QED) is 0.852. The first-order valence-corrected chi connectivity index (χ1v) is 7.75. The van der Waals surface area contributed by atoms with Gasteiger partial charge in [0.2, 0.25) is 0 Å². The predicted octanol–water partition coefficient (Wildman–Crippen LogP) is 2.47. The van der Waals surface area contributed by atoms with Gasteiger partial charge in [-0.3, -0.25) is 4.90 Å². The number of aryl methyl sites for hydroxylation is 1. The van der Waals surface area contributed by atoms with E-state index in [1.165, 1.54) is 9.75 Å². The Morgan fingerprint density at radius 2 is 2.11 bits per heavy atom. The van der Waals surface area contributed by atoms with Gasteiger partial charge in [0.05, 0.1) is 6.54 Å². The average Bonchev–Trinajstić information content (AvgIpc) is 3.00. The molecule has 0 radical (unpaired) electrons. The summed E-state index contributed by atoms with van der Waals surface area (Å²) in [6.45, 7) is 6.69. The van der Waals surface area contributed by atoms with E-state index in [4.69, 9.17) is 4.74 Å². The van der Waals surface area contributed by atoms with Crippen LogP contribution in [-0.2, 0) is 11.3 Å². The molecule has 3 rings (SSSR count). The second-order valence-electron chi connectivity index (χ2n) is 5.33.